The number of carboxylic acids is 1. The molecule has 0 fully saturated rings. The van der Waals surface area contributed by atoms with Crippen molar-refractivity contribution in [3.63, 3.8) is 0 Å². The normalized spacial score (nSPS) is 12.4. The Morgan fingerprint density at radius 2 is 2.00 bits per heavy atom. The van der Waals surface area contributed by atoms with Gasteiger partial charge in [-0.15, -0.1) is 0 Å². The van der Waals surface area contributed by atoms with Crippen molar-refractivity contribution in [3.8, 4) is 5.75 Å². The Bertz CT molecular complexity index is 721. The largest absolute Gasteiger partial charge is 0.493 e. The van der Waals surface area contributed by atoms with Gasteiger partial charge in [-0.2, -0.15) is 0 Å². The summed E-state index contributed by atoms with van der Waals surface area (Å²) in [5, 5.41) is 8.99. The van der Waals surface area contributed by atoms with E-state index in [0.29, 0.717) is 25.0 Å². The van der Waals surface area contributed by atoms with Crippen LogP contribution in [0.5, 0.6) is 5.75 Å². The zero-order valence-electron chi connectivity index (χ0n) is 17.2. The average molecular weight is 373 g/mol. The molecule has 0 amide bonds. The number of hydrogen-bond acceptors (Lipinski definition) is 3. The molecule has 0 bridgehead atoms. The third-order valence-electron chi connectivity index (χ3n) is 3.91. The molecule has 27 heavy (non-hydrogen) atoms. The van der Waals surface area contributed by atoms with E-state index in [4.69, 9.17) is 9.84 Å². The van der Waals surface area contributed by atoms with Crippen LogP contribution in [0.1, 0.15) is 53.0 Å². The van der Waals surface area contributed by atoms with Gasteiger partial charge in [-0.05, 0) is 56.2 Å². The molecule has 0 saturated carbocycles. The fraction of sp³-hybridized carbons (Fsp3) is 0.476. The standard InChI is InChI=1S/C21H31N3O3/c1-8-24(21(22-7)23-12-16(6)20(25)26)17-9-10-19(27-13-14(2)3)18(11-17)15(4)5/h9-12,14-15H,7-8,13H2,1-6H3,(H,25,26)/b16-12+,23-21+. The third kappa shape index (κ3) is 6.55. The summed E-state index contributed by atoms with van der Waals surface area (Å²) >= 11 is 0. The Morgan fingerprint density at radius 1 is 1.33 bits per heavy atom. The van der Waals surface area contributed by atoms with Gasteiger partial charge < -0.3 is 14.7 Å². The number of rotatable bonds is 8. The topological polar surface area (TPSA) is 74.5 Å². The zero-order valence-corrected chi connectivity index (χ0v) is 17.2. The number of ether oxygens (including phenoxy) is 1. The SMILES string of the molecule is C=N/C(=N\C=C(/C)C(=O)O)N(CC)c1ccc(OCC(C)C)c(C(C)C)c1. The highest BCUT2D eigenvalue weighted by Gasteiger charge is 2.15. The quantitative estimate of drug-likeness (QED) is 0.407. The van der Waals surface area contributed by atoms with Crippen molar-refractivity contribution in [3.05, 3.63) is 35.5 Å². The van der Waals surface area contributed by atoms with Crippen molar-refractivity contribution in [2.75, 3.05) is 18.1 Å². The van der Waals surface area contributed by atoms with Crippen molar-refractivity contribution in [1.29, 1.82) is 0 Å². The highest BCUT2D eigenvalue weighted by atomic mass is 16.5. The van der Waals surface area contributed by atoms with Crippen LogP contribution in [-0.2, 0) is 4.79 Å². The minimum Gasteiger partial charge on any atom is -0.493 e. The third-order valence-corrected chi connectivity index (χ3v) is 3.91. The lowest BCUT2D eigenvalue weighted by Crippen LogP contribution is -2.29. The first-order valence-electron chi connectivity index (χ1n) is 9.20. The van der Waals surface area contributed by atoms with Crippen molar-refractivity contribution in [2.45, 2.75) is 47.5 Å². The summed E-state index contributed by atoms with van der Waals surface area (Å²) in [5.74, 6) is 0.953. The zero-order chi connectivity index (χ0) is 20.6. The number of carbonyl (C=O) groups is 1. The monoisotopic (exact) mass is 373 g/mol. The van der Waals surface area contributed by atoms with Crippen LogP contribution in [0.3, 0.4) is 0 Å². The van der Waals surface area contributed by atoms with Gasteiger partial charge in [-0.25, -0.2) is 14.8 Å². The lowest BCUT2D eigenvalue weighted by Gasteiger charge is -2.24. The van der Waals surface area contributed by atoms with Crippen molar-refractivity contribution < 1.29 is 14.6 Å². The smallest absolute Gasteiger partial charge is 0.332 e. The molecule has 1 rings (SSSR count). The Kier molecular flexibility index (Phi) is 8.72. The van der Waals surface area contributed by atoms with Crippen molar-refractivity contribution in [2.24, 2.45) is 15.9 Å². The average Bonchev–Trinajstić information content (AvgIpc) is 2.62. The first-order chi connectivity index (χ1) is 12.7. The summed E-state index contributed by atoms with van der Waals surface area (Å²) < 4.78 is 5.96. The first kappa shape index (κ1) is 22.4. The van der Waals surface area contributed by atoms with Crippen LogP contribution in [-0.4, -0.2) is 36.9 Å². The Balaban J connectivity index is 3.28. The van der Waals surface area contributed by atoms with E-state index in [0.717, 1.165) is 17.0 Å². The molecule has 0 radical (unpaired) electrons. The van der Waals surface area contributed by atoms with Crippen LogP contribution in [0, 0.1) is 5.92 Å². The van der Waals surface area contributed by atoms with E-state index in [-0.39, 0.29) is 11.5 Å². The Labute approximate surface area is 162 Å². The predicted molar refractivity (Wildman–Crippen MR) is 112 cm³/mol. The summed E-state index contributed by atoms with van der Waals surface area (Å²) in [5.41, 5.74) is 2.14. The van der Waals surface area contributed by atoms with Gasteiger partial charge in [0.05, 0.1) is 12.2 Å². The second-order valence-corrected chi connectivity index (χ2v) is 7.03. The van der Waals surface area contributed by atoms with Gasteiger partial charge in [0.25, 0.3) is 0 Å². The van der Waals surface area contributed by atoms with Crippen LogP contribution in [0.25, 0.3) is 0 Å². The fourth-order valence-corrected chi connectivity index (χ4v) is 2.39. The first-order valence-corrected chi connectivity index (χ1v) is 9.20. The molecule has 0 aliphatic rings. The maximum Gasteiger partial charge on any atom is 0.332 e. The molecule has 148 valence electrons. The lowest BCUT2D eigenvalue weighted by molar-refractivity contribution is -0.132. The second-order valence-electron chi connectivity index (χ2n) is 7.03. The van der Waals surface area contributed by atoms with Gasteiger partial charge in [-0.3, -0.25) is 0 Å². The molecule has 0 atom stereocenters. The summed E-state index contributed by atoms with van der Waals surface area (Å²) in [6, 6.07) is 5.99. The van der Waals surface area contributed by atoms with E-state index >= 15 is 0 Å². The maximum absolute atomic E-state index is 11.0. The molecule has 0 heterocycles. The van der Waals surface area contributed by atoms with Crippen LogP contribution in [0.15, 0.2) is 40.0 Å². The van der Waals surface area contributed by atoms with E-state index in [9.17, 15) is 4.79 Å². The number of benzene rings is 1. The number of carboxylic acid groups (broad SMARTS) is 1. The minimum absolute atomic E-state index is 0.132. The molecule has 1 N–H and O–H groups in total. The number of anilines is 1. The fourth-order valence-electron chi connectivity index (χ4n) is 2.39. The number of guanidine groups is 1. The van der Waals surface area contributed by atoms with Crippen LogP contribution < -0.4 is 9.64 Å². The molecule has 0 aliphatic heterocycles. The van der Waals surface area contributed by atoms with Gasteiger partial charge in [0.1, 0.15) is 5.75 Å². The highest BCUT2D eigenvalue weighted by Crippen LogP contribution is 2.31. The van der Waals surface area contributed by atoms with Crippen LogP contribution in [0.2, 0.25) is 0 Å². The predicted octanol–water partition coefficient (Wildman–Crippen LogP) is 4.72. The highest BCUT2D eigenvalue weighted by molar-refractivity contribution is 5.99. The van der Waals surface area contributed by atoms with Gasteiger partial charge in [0.15, 0.2) is 0 Å². The molecule has 1 aromatic carbocycles. The van der Waals surface area contributed by atoms with Crippen LogP contribution in [0.4, 0.5) is 5.69 Å². The van der Waals surface area contributed by atoms with E-state index in [1.165, 1.54) is 13.1 Å². The lowest BCUT2D eigenvalue weighted by atomic mass is 10.0. The summed E-state index contributed by atoms with van der Waals surface area (Å²) in [6.07, 6.45) is 1.29. The molecule has 0 saturated heterocycles. The van der Waals surface area contributed by atoms with Gasteiger partial charge in [0, 0.05) is 18.4 Å². The molecule has 0 unspecified atom stereocenters. The molecule has 0 spiro atoms. The molecule has 1 aromatic rings. The minimum atomic E-state index is -1.01. The van der Waals surface area contributed by atoms with Gasteiger partial charge >= 0.3 is 5.97 Å². The van der Waals surface area contributed by atoms with Crippen molar-refractivity contribution in [1.82, 2.24) is 0 Å². The number of hydrogen-bond donors (Lipinski definition) is 1. The number of aliphatic carboxylic acids is 1. The van der Waals surface area contributed by atoms with E-state index < -0.39 is 5.97 Å². The number of nitrogens with zero attached hydrogens (tertiary/aromatic N) is 3. The molecule has 6 nitrogen and oxygen atoms in total. The van der Waals surface area contributed by atoms with E-state index in [1.807, 2.05) is 24.0 Å². The van der Waals surface area contributed by atoms with Gasteiger partial charge in [0.2, 0.25) is 5.96 Å². The number of aliphatic imine (C=N–C) groups is 2. The summed E-state index contributed by atoms with van der Waals surface area (Å²) in [6.45, 7) is 16.8. The molecule has 0 aliphatic carbocycles. The second kappa shape index (κ2) is 10.5. The maximum atomic E-state index is 11.0. The molecule has 0 aromatic heterocycles. The molecule has 6 heteroatoms. The van der Waals surface area contributed by atoms with Gasteiger partial charge in [-0.1, -0.05) is 27.7 Å². The Hall–Kier alpha value is -2.63. The van der Waals surface area contributed by atoms with Crippen LogP contribution >= 0.6 is 0 Å². The van der Waals surface area contributed by atoms with E-state index in [2.05, 4.69) is 50.5 Å². The van der Waals surface area contributed by atoms with Crippen molar-refractivity contribution >= 4 is 24.3 Å². The van der Waals surface area contributed by atoms with E-state index in [1.54, 1.807) is 0 Å². The molecular weight excluding hydrogens is 342 g/mol. The Morgan fingerprint density at radius 3 is 2.48 bits per heavy atom. The summed E-state index contributed by atoms with van der Waals surface area (Å²) in [7, 11) is 0. The summed E-state index contributed by atoms with van der Waals surface area (Å²) in [4.78, 5) is 21.0. The molecular formula is C21H31N3O3.